The van der Waals surface area contributed by atoms with Gasteiger partial charge in [-0.2, -0.15) is 0 Å². The molecule has 0 atom stereocenters. The normalized spacial score (nSPS) is 14.0. The molecule has 3 rings (SSSR count). The van der Waals surface area contributed by atoms with Crippen LogP contribution in [-0.2, 0) is 6.42 Å². The van der Waals surface area contributed by atoms with Crippen molar-refractivity contribution in [2.75, 3.05) is 18.5 Å². The molecule has 0 aliphatic carbocycles. The van der Waals surface area contributed by atoms with Gasteiger partial charge in [-0.3, -0.25) is 4.79 Å². The van der Waals surface area contributed by atoms with E-state index in [-0.39, 0.29) is 11.5 Å². The van der Waals surface area contributed by atoms with Gasteiger partial charge in [-0.25, -0.2) is 4.79 Å². The second kappa shape index (κ2) is 7.57. The van der Waals surface area contributed by atoms with Gasteiger partial charge in [-0.1, -0.05) is 18.2 Å². The van der Waals surface area contributed by atoms with E-state index < -0.39 is 6.03 Å². The Hall–Kier alpha value is -3.22. The summed E-state index contributed by atoms with van der Waals surface area (Å²) in [5.41, 5.74) is 6.86. The van der Waals surface area contributed by atoms with Gasteiger partial charge in [0.25, 0.3) is 5.91 Å². The highest BCUT2D eigenvalue weighted by Gasteiger charge is 2.32. The third-order valence-corrected chi connectivity index (χ3v) is 4.09. The highest BCUT2D eigenvalue weighted by atomic mass is 16.5. The fourth-order valence-electron chi connectivity index (χ4n) is 3.01. The fraction of sp³-hybridized carbons (Fsp3) is 0.300. The van der Waals surface area contributed by atoms with Crippen molar-refractivity contribution in [2.45, 2.75) is 25.9 Å². The van der Waals surface area contributed by atoms with E-state index in [4.69, 9.17) is 15.2 Å². The van der Waals surface area contributed by atoms with Crippen LogP contribution in [0.4, 0.5) is 10.5 Å². The first-order valence-corrected chi connectivity index (χ1v) is 8.72. The third-order valence-electron chi connectivity index (χ3n) is 4.09. The van der Waals surface area contributed by atoms with Crippen LogP contribution in [0.15, 0.2) is 42.5 Å². The number of nitrogens with one attached hydrogen (secondary N) is 2. The molecule has 0 spiro atoms. The second-order valence-electron chi connectivity index (χ2n) is 6.96. The van der Waals surface area contributed by atoms with Gasteiger partial charge in [-0.15, -0.1) is 0 Å². The number of ether oxygens (including phenoxy) is 2. The van der Waals surface area contributed by atoms with Crippen LogP contribution in [0.3, 0.4) is 0 Å². The highest BCUT2D eigenvalue weighted by Crippen LogP contribution is 2.41. The van der Waals surface area contributed by atoms with Crippen LogP contribution < -0.4 is 25.8 Å². The number of nitrogens with two attached hydrogens (primary N) is 1. The zero-order valence-electron chi connectivity index (χ0n) is 15.4. The molecule has 0 fully saturated rings. The molecule has 2 aromatic rings. The van der Waals surface area contributed by atoms with Crippen molar-refractivity contribution >= 4 is 17.6 Å². The summed E-state index contributed by atoms with van der Waals surface area (Å²) in [5, 5.41) is 5.22. The van der Waals surface area contributed by atoms with Gasteiger partial charge in [0.1, 0.15) is 12.2 Å². The summed E-state index contributed by atoms with van der Waals surface area (Å²) in [6.07, 6.45) is 0.839. The molecule has 0 bridgehead atoms. The minimum absolute atomic E-state index is 0.236. The molecule has 3 amide bonds. The lowest BCUT2D eigenvalue weighted by Gasteiger charge is -2.18. The Morgan fingerprint density at radius 3 is 2.78 bits per heavy atom. The van der Waals surface area contributed by atoms with Gasteiger partial charge in [0.15, 0.2) is 11.5 Å². The number of hydrogen-bond donors (Lipinski definition) is 3. The minimum atomic E-state index is -0.679. The molecule has 4 N–H and O–H groups in total. The Bertz CT molecular complexity index is 864. The number of urea groups is 1. The Balaban J connectivity index is 1.52. The Morgan fingerprint density at radius 1 is 1.22 bits per heavy atom. The second-order valence-corrected chi connectivity index (χ2v) is 6.96. The Labute approximate surface area is 157 Å². The van der Waals surface area contributed by atoms with E-state index in [2.05, 4.69) is 10.6 Å². The summed E-state index contributed by atoms with van der Waals surface area (Å²) in [5.74, 6) is 1.20. The van der Waals surface area contributed by atoms with Crippen LogP contribution in [0.5, 0.6) is 11.5 Å². The van der Waals surface area contributed by atoms with E-state index in [1.165, 1.54) is 0 Å². The molecule has 0 radical (unpaired) electrons. The largest absolute Gasteiger partial charge is 0.488 e. The van der Waals surface area contributed by atoms with Crippen LogP contribution in [0, 0.1) is 0 Å². The maximum atomic E-state index is 12.2. The zero-order chi connectivity index (χ0) is 19.4. The first-order chi connectivity index (χ1) is 12.8. The number of carbonyl (C=O) groups is 2. The lowest BCUT2D eigenvalue weighted by molar-refractivity contribution is 0.0946. The first-order valence-electron chi connectivity index (χ1n) is 8.72. The van der Waals surface area contributed by atoms with Crippen LogP contribution in [0.25, 0.3) is 0 Å². The molecular formula is C20H23N3O4. The van der Waals surface area contributed by atoms with Gasteiger partial charge >= 0.3 is 6.03 Å². The number of rotatable bonds is 6. The van der Waals surface area contributed by atoms with Crippen molar-refractivity contribution < 1.29 is 19.1 Å². The summed E-state index contributed by atoms with van der Waals surface area (Å²) in [4.78, 5) is 23.1. The van der Waals surface area contributed by atoms with Crippen LogP contribution >= 0.6 is 0 Å². The molecule has 27 heavy (non-hydrogen) atoms. The van der Waals surface area contributed by atoms with Gasteiger partial charge in [0, 0.05) is 23.2 Å². The van der Waals surface area contributed by atoms with Crippen molar-refractivity contribution in [1.82, 2.24) is 5.32 Å². The molecule has 2 aromatic carbocycles. The van der Waals surface area contributed by atoms with E-state index in [1.807, 2.05) is 32.0 Å². The van der Waals surface area contributed by atoms with E-state index >= 15 is 0 Å². The number of benzene rings is 2. The monoisotopic (exact) mass is 369 g/mol. The average Bonchev–Trinajstić information content (AvgIpc) is 2.92. The summed E-state index contributed by atoms with van der Waals surface area (Å²) >= 11 is 0. The lowest BCUT2D eigenvalue weighted by atomic mass is 10.0. The number of fused-ring (bicyclic) bond motifs is 1. The number of para-hydroxylation sites is 1. The molecule has 142 valence electrons. The molecule has 1 heterocycles. The number of hydrogen-bond acceptors (Lipinski definition) is 4. The van der Waals surface area contributed by atoms with E-state index in [0.29, 0.717) is 30.2 Å². The van der Waals surface area contributed by atoms with Gasteiger partial charge < -0.3 is 25.8 Å². The maximum absolute atomic E-state index is 12.2. The summed E-state index contributed by atoms with van der Waals surface area (Å²) in [6, 6.07) is 11.7. The van der Waals surface area contributed by atoms with Crippen molar-refractivity contribution in [3.05, 3.63) is 53.6 Å². The zero-order valence-corrected chi connectivity index (χ0v) is 15.4. The van der Waals surface area contributed by atoms with Crippen molar-refractivity contribution in [2.24, 2.45) is 5.73 Å². The molecular weight excluding hydrogens is 346 g/mol. The lowest BCUT2D eigenvalue weighted by Crippen LogP contribution is -2.28. The summed E-state index contributed by atoms with van der Waals surface area (Å²) in [7, 11) is 0. The summed E-state index contributed by atoms with van der Waals surface area (Å²) < 4.78 is 11.8. The predicted octanol–water partition coefficient (Wildman–Crippen LogP) is 2.70. The number of amides is 3. The first kappa shape index (κ1) is 18.6. The SMILES string of the molecule is CC1(C)Cc2cccc(OCCNC(=O)c3cccc(NC(N)=O)c3)c2O1. The average molecular weight is 369 g/mol. The van der Waals surface area contributed by atoms with Gasteiger partial charge in [0.2, 0.25) is 0 Å². The quantitative estimate of drug-likeness (QED) is 0.681. The molecule has 7 heteroatoms. The van der Waals surface area contributed by atoms with Gasteiger partial charge in [-0.05, 0) is 38.1 Å². The Kier molecular flexibility index (Phi) is 5.21. The standard InChI is InChI=1S/C20H23N3O4/c1-20(2)12-14-6-4-8-16(17(14)27-20)26-10-9-22-18(24)13-5-3-7-15(11-13)23-19(21)25/h3-8,11H,9-10,12H2,1-2H3,(H,22,24)(H3,21,23,25). The molecule has 7 nitrogen and oxygen atoms in total. The molecule has 0 saturated carbocycles. The summed E-state index contributed by atoms with van der Waals surface area (Å²) in [6.45, 7) is 4.72. The van der Waals surface area contributed by atoms with E-state index in [9.17, 15) is 9.59 Å². The van der Waals surface area contributed by atoms with E-state index in [0.717, 1.165) is 17.7 Å². The topological polar surface area (TPSA) is 103 Å². The molecule has 1 aliphatic rings. The number of anilines is 1. The molecule has 0 unspecified atom stereocenters. The van der Waals surface area contributed by atoms with E-state index in [1.54, 1.807) is 24.3 Å². The van der Waals surface area contributed by atoms with Crippen molar-refractivity contribution in [1.29, 1.82) is 0 Å². The predicted molar refractivity (Wildman–Crippen MR) is 102 cm³/mol. The van der Waals surface area contributed by atoms with Crippen LogP contribution in [-0.4, -0.2) is 30.7 Å². The maximum Gasteiger partial charge on any atom is 0.316 e. The fourth-order valence-corrected chi connectivity index (χ4v) is 3.01. The third kappa shape index (κ3) is 4.69. The molecule has 0 aromatic heterocycles. The van der Waals surface area contributed by atoms with Crippen molar-refractivity contribution in [3.8, 4) is 11.5 Å². The van der Waals surface area contributed by atoms with Crippen LogP contribution in [0.1, 0.15) is 29.8 Å². The van der Waals surface area contributed by atoms with Crippen molar-refractivity contribution in [3.63, 3.8) is 0 Å². The Morgan fingerprint density at radius 2 is 2.00 bits per heavy atom. The van der Waals surface area contributed by atoms with Gasteiger partial charge in [0.05, 0.1) is 6.54 Å². The minimum Gasteiger partial charge on any atom is -0.488 e. The number of carbonyl (C=O) groups excluding carboxylic acids is 2. The molecule has 1 aliphatic heterocycles. The highest BCUT2D eigenvalue weighted by molar-refractivity contribution is 5.96. The number of primary amides is 1. The molecule has 0 saturated heterocycles. The van der Waals surface area contributed by atoms with Crippen LogP contribution in [0.2, 0.25) is 0 Å². The smallest absolute Gasteiger partial charge is 0.316 e.